The number of aliphatic imine (C=N–C) groups is 1. The minimum Gasteiger partial charge on any atom is -0.493 e. The van der Waals surface area contributed by atoms with Crippen molar-refractivity contribution in [3.05, 3.63) is 70.3 Å². The van der Waals surface area contributed by atoms with Crippen molar-refractivity contribution >= 4 is 28.8 Å². The second kappa shape index (κ2) is 10.8. The number of amides is 1. The highest BCUT2D eigenvalue weighted by atomic mass is 32.2. The van der Waals surface area contributed by atoms with Gasteiger partial charge in [-0.1, -0.05) is 23.9 Å². The highest BCUT2D eigenvalue weighted by Crippen LogP contribution is 2.48. The zero-order valence-electron chi connectivity index (χ0n) is 21.8. The van der Waals surface area contributed by atoms with Crippen molar-refractivity contribution in [2.75, 3.05) is 14.2 Å². The lowest BCUT2D eigenvalue weighted by molar-refractivity contribution is -0.150. The molecule has 9 nitrogen and oxygen atoms in total. The Hall–Kier alpha value is -3.66. The SMILES string of the molecule is COc1cccc([C@H]2C(C(=O)OC(C)(C)C)=C(C)N=C3SC=C(CC(=O)NCc4ccco4)N32)c1OC. The van der Waals surface area contributed by atoms with Crippen LogP contribution in [0.2, 0.25) is 0 Å². The van der Waals surface area contributed by atoms with Gasteiger partial charge in [-0.15, -0.1) is 0 Å². The Labute approximate surface area is 220 Å². The maximum atomic E-state index is 13.5. The molecule has 0 radical (unpaired) electrons. The summed E-state index contributed by atoms with van der Waals surface area (Å²) in [5, 5.41) is 5.42. The number of rotatable bonds is 8. The van der Waals surface area contributed by atoms with Gasteiger partial charge in [-0.2, -0.15) is 0 Å². The van der Waals surface area contributed by atoms with Crippen molar-refractivity contribution in [3.63, 3.8) is 0 Å². The summed E-state index contributed by atoms with van der Waals surface area (Å²) in [5.41, 5.74) is 1.60. The van der Waals surface area contributed by atoms with E-state index in [2.05, 4.69) is 5.32 Å². The van der Waals surface area contributed by atoms with Gasteiger partial charge in [0.05, 0.1) is 50.8 Å². The third kappa shape index (κ3) is 5.69. The fourth-order valence-electron chi connectivity index (χ4n) is 4.21. The van der Waals surface area contributed by atoms with Crippen LogP contribution in [0.1, 0.15) is 51.5 Å². The number of nitrogens with zero attached hydrogens (tertiary/aromatic N) is 2. The molecule has 1 amide bonds. The van der Waals surface area contributed by atoms with Crippen LogP contribution in [0.4, 0.5) is 0 Å². The van der Waals surface area contributed by atoms with Gasteiger partial charge in [0.2, 0.25) is 5.91 Å². The first-order valence-corrected chi connectivity index (χ1v) is 12.7. The monoisotopic (exact) mass is 525 g/mol. The summed E-state index contributed by atoms with van der Waals surface area (Å²) in [6, 6.07) is 8.43. The molecule has 0 aliphatic carbocycles. The fraction of sp³-hybridized carbons (Fsp3) is 0.370. The van der Waals surface area contributed by atoms with Crippen LogP contribution in [0.5, 0.6) is 11.5 Å². The second-order valence-corrected chi connectivity index (χ2v) is 10.3. The largest absolute Gasteiger partial charge is 0.493 e. The molecule has 2 aliphatic rings. The molecule has 0 saturated carbocycles. The molecule has 2 aliphatic heterocycles. The summed E-state index contributed by atoms with van der Waals surface area (Å²) in [4.78, 5) is 33.0. The number of ether oxygens (including phenoxy) is 3. The summed E-state index contributed by atoms with van der Waals surface area (Å²) < 4.78 is 22.4. The molecule has 3 heterocycles. The smallest absolute Gasteiger partial charge is 0.338 e. The molecule has 0 spiro atoms. The number of hydrogen-bond acceptors (Lipinski definition) is 9. The summed E-state index contributed by atoms with van der Waals surface area (Å²) in [6.07, 6.45) is 1.64. The molecule has 37 heavy (non-hydrogen) atoms. The Bertz CT molecular complexity index is 1270. The zero-order chi connectivity index (χ0) is 26.7. The summed E-state index contributed by atoms with van der Waals surface area (Å²) in [7, 11) is 3.12. The van der Waals surface area contributed by atoms with Crippen LogP contribution >= 0.6 is 11.8 Å². The number of thioether (sulfide) groups is 1. The maximum absolute atomic E-state index is 13.5. The van der Waals surface area contributed by atoms with E-state index in [-0.39, 0.29) is 18.9 Å². The van der Waals surface area contributed by atoms with E-state index in [1.165, 1.54) is 11.8 Å². The molecule has 1 aromatic carbocycles. The van der Waals surface area contributed by atoms with Crippen molar-refractivity contribution in [2.45, 2.75) is 52.3 Å². The quantitative estimate of drug-likeness (QED) is 0.485. The average molecular weight is 526 g/mol. The van der Waals surface area contributed by atoms with E-state index in [1.807, 2.05) is 43.2 Å². The lowest BCUT2D eigenvalue weighted by atomic mass is 9.92. The summed E-state index contributed by atoms with van der Waals surface area (Å²) in [6.45, 7) is 7.53. The number of carbonyl (C=O) groups is 2. The minimum atomic E-state index is -0.707. The molecule has 0 fully saturated rings. The van der Waals surface area contributed by atoms with E-state index >= 15 is 0 Å². The van der Waals surface area contributed by atoms with Crippen LogP contribution in [0.15, 0.2) is 68.4 Å². The summed E-state index contributed by atoms with van der Waals surface area (Å²) in [5.74, 6) is 1.00. The molecular weight excluding hydrogens is 494 g/mol. The van der Waals surface area contributed by atoms with Crippen molar-refractivity contribution < 1.29 is 28.2 Å². The molecule has 10 heteroatoms. The van der Waals surface area contributed by atoms with E-state index in [4.69, 9.17) is 23.6 Å². The molecule has 0 saturated heterocycles. The average Bonchev–Trinajstić information content (AvgIpc) is 3.50. The first-order valence-electron chi connectivity index (χ1n) is 11.8. The molecule has 1 atom stereocenters. The number of hydrogen-bond donors (Lipinski definition) is 1. The molecule has 196 valence electrons. The molecule has 4 rings (SSSR count). The third-order valence-electron chi connectivity index (χ3n) is 5.73. The van der Waals surface area contributed by atoms with Crippen molar-refractivity contribution in [3.8, 4) is 11.5 Å². The Morgan fingerprint density at radius 1 is 1.16 bits per heavy atom. The van der Waals surface area contributed by atoms with Crippen molar-refractivity contribution in [2.24, 2.45) is 4.99 Å². The number of amidine groups is 1. The number of carbonyl (C=O) groups excluding carboxylic acids is 2. The summed E-state index contributed by atoms with van der Waals surface area (Å²) >= 11 is 1.40. The zero-order valence-corrected chi connectivity index (χ0v) is 22.6. The first kappa shape index (κ1) is 26.4. The van der Waals surface area contributed by atoms with Gasteiger partial charge >= 0.3 is 5.97 Å². The number of furan rings is 1. The van der Waals surface area contributed by atoms with Gasteiger partial charge < -0.3 is 28.8 Å². The number of fused-ring (bicyclic) bond motifs is 1. The van der Waals surface area contributed by atoms with E-state index in [0.29, 0.717) is 45.0 Å². The number of para-hydroxylation sites is 1. The highest BCUT2D eigenvalue weighted by Gasteiger charge is 2.43. The Balaban J connectivity index is 1.73. The van der Waals surface area contributed by atoms with E-state index in [0.717, 1.165) is 0 Å². The number of allylic oxidation sites excluding steroid dienone is 1. The van der Waals surface area contributed by atoms with Crippen LogP contribution in [-0.2, 0) is 20.9 Å². The Kier molecular flexibility index (Phi) is 7.68. The minimum absolute atomic E-state index is 0.0795. The van der Waals surface area contributed by atoms with Crippen LogP contribution in [0.25, 0.3) is 0 Å². The van der Waals surface area contributed by atoms with Gasteiger partial charge in [0.1, 0.15) is 11.4 Å². The normalized spacial score (nSPS) is 17.1. The standard InChI is InChI=1S/C27H31N3O6S/c1-16-22(25(32)36-27(2,3)4)23(19-10-7-11-20(33-5)24(19)34-6)30-17(15-37-26(30)29-16)13-21(31)28-14-18-9-8-12-35-18/h7-12,15,23H,13-14H2,1-6H3,(H,28,31)/t23-/m0/s1. The van der Waals surface area contributed by atoms with Crippen LogP contribution in [0, 0.1) is 0 Å². The van der Waals surface area contributed by atoms with E-state index in [1.54, 1.807) is 45.6 Å². The van der Waals surface area contributed by atoms with E-state index in [9.17, 15) is 9.59 Å². The lowest BCUT2D eigenvalue weighted by Gasteiger charge is -2.37. The van der Waals surface area contributed by atoms with Crippen LogP contribution in [-0.4, -0.2) is 41.8 Å². The topological polar surface area (TPSA) is 103 Å². The number of benzene rings is 1. The molecule has 1 N–H and O–H groups in total. The van der Waals surface area contributed by atoms with E-state index < -0.39 is 17.6 Å². The Morgan fingerprint density at radius 2 is 1.95 bits per heavy atom. The van der Waals surface area contributed by atoms with Gasteiger partial charge in [0, 0.05) is 11.3 Å². The van der Waals surface area contributed by atoms with Crippen LogP contribution < -0.4 is 14.8 Å². The first-order chi connectivity index (χ1) is 17.6. The van der Waals surface area contributed by atoms with Gasteiger partial charge in [0.15, 0.2) is 16.7 Å². The lowest BCUT2D eigenvalue weighted by Crippen LogP contribution is -2.39. The van der Waals surface area contributed by atoms with Crippen molar-refractivity contribution in [1.29, 1.82) is 0 Å². The number of methoxy groups -OCH3 is 2. The second-order valence-electron chi connectivity index (χ2n) is 9.51. The molecule has 0 unspecified atom stereocenters. The van der Waals surface area contributed by atoms with Gasteiger partial charge in [-0.05, 0) is 51.3 Å². The maximum Gasteiger partial charge on any atom is 0.338 e. The fourth-order valence-corrected chi connectivity index (χ4v) is 5.18. The highest BCUT2D eigenvalue weighted by molar-refractivity contribution is 8.16. The molecule has 1 aromatic heterocycles. The molecular formula is C27H31N3O6S. The van der Waals surface area contributed by atoms with Gasteiger partial charge in [-0.3, -0.25) is 4.79 Å². The van der Waals surface area contributed by atoms with Crippen molar-refractivity contribution in [1.82, 2.24) is 10.2 Å². The molecule has 0 bridgehead atoms. The number of nitrogens with one attached hydrogen (secondary N) is 1. The van der Waals surface area contributed by atoms with Gasteiger partial charge in [-0.25, -0.2) is 9.79 Å². The predicted molar refractivity (Wildman–Crippen MR) is 141 cm³/mol. The van der Waals surface area contributed by atoms with Gasteiger partial charge in [0.25, 0.3) is 0 Å². The van der Waals surface area contributed by atoms with Crippen LogP contribution in [0.3, 0.4) is 0 Å². The third-order valence-corrected chi connectivity index (χ3v) is 6.62. The number of esters is 1. The Morgan fingerprint density at radius 3 is 2.59 bits per heavy atom. The molecule has 2 aromatic rings. The predicted octanol–water partition coefficient (Wildman–Crippen LogP) is 4.92.